The normalized spacial score (nSPS) is 26.3. The molecule has 1 saturated carbocycles. The largest absolute Gasteiger partial charge is 0.320 e. The van der Waals surface area contributed by atoms with E-state index in [2.05, 4.69) is 17.0 Å². The third-order valence-corrected chi connectivity index (χ3v) is 4.33. The number of nitrogens with one attached hydrogen (secondary N) is 2. The molecule has 0 atom stereocenters. The summed E-state index contributed by atoms with van der Waals surface area (Å²) >= 11 is 0. The molecule has 4 nitrogen and oxygen atoms in total. The third-order valence-electron chi connectivity index (χ3n) is 2.81. The summed E-state index contributed by atoms with van der Waals surface area (Å²) in [6.07, 6.45) is 3.64. The Kier molecular flexibility index (Phi) is 5.02. The van der Waals surface area contributed by atoms with Crippen LogP contribution in [-0.4, -0.2) is 33.8 Å². The van der Waals surface area contributed by atoms with Gasteiger partial charge in [0.05, 0.1) is 5.75 Å². The van der Waals surface area contributed by atoms with Crippen molar-refractivity contribution in [3.05, 3.63) is 0 Å². The van der Waals surface area contributed by atoms with Gasteiger partial charge in [0.1, 0.15) is 0 Å². The van der Waals surface area contributed by atoms with Gasteiger partial charge in [-0.2, -0.15) is 0 Å². The summed E-state index contributed by atoms with van der Waals surface area (Å²) in [4.78, 5) is 0. The summed E-state index contributed by atoms with van der Waals surface area (Å²) in [6, 6.07) is 0.203. The minimum Gasteiger partial charge on any atom is -0.320 e. The van der Waals surface area contributed by atoms with Crippen molar-refractivity contribution >= 4 is 10.0 Å². The zero-order valence-corrected chi connectivity index (χ0v) is 10.4. The number of rotatable bonds is 7. The summed E-state index contributed by atoms with van der Waals surface area (Å²) in [5.74, 6) is 0.946. The Morgan fingerprint density at radius 2 is 1.93 bits per heavy atom. The molecule has 90 valence electrons. The molecule has 0 radical (unpaired) electrons. The van der Waals surface area contributed by atoms with Crippen molar-refractivity contribution in [1.82, 2.24) is 10.0 Å². The Balaban J connectivity index is 2.15. The van der Waals surface area contributed by atoms with Gasteiger partial charge in [0.2, 0.25) is 10.0 Å². The first-order valence-electron chi connectivity index (χ1n) is 5.68. The summed E-state index contributed by atoms with van der Waals surface area (Å²) in [7, 11) is -1.15. The molecule has 0 amide bonds. The van der Waals surface area contributed by atoms with Crippen molar-refractivity contribution in [3.8, 4) is 0 Å². The standard InChI is InChI=1S/C10H22N2O2S/c1-9-7-10(8-9)12-15(13,14)6-4-3-5-11-2/h9-12H,3-8H2,1-2H3. The van der Waals surface area contributed by atoms with Crippen LogP contribution in [0.3, 0.4) is 0 Å². The molecular weight excluding hydrogens is 212 g/mol. The van der Waals surface area contributed by atoms with Crippen LogP contribution in [0.2, 0.25) is 0 Å². The van der Waals surface area contributed by atoms with Crippen molar-refractivity contribution in [3.63, 3.8) is 0 Å². The van der Waals surface area contributed by atoms with Crippen molar-refractivity contribution in [2.24, 2.45) is 5.92 Å². The SMILES string of the molecule is CNCCCCS(=O)(=O)NC1CC(C)C1. The van der Waals surface area contributed by atoms with Crippen LogP contribution < -0.4 is 10.0 Å². The molecule has 0 saturated heterocycles. The minimum absolute atomic E-state index is 0.203. The van der Waals surface area contributed by atoms with Crippen molar-refractivity contribution in [2.45, 2.75) is 38.6 Å². The molecule has 0 aromatic carbocycles. The fourth-order valence-electron chi connectivity index (χ4n) is 1.91. The fraction of sp³-hybridized carbons (Fsp3) is 1.00. The summed E-state index contributed by atoms with van der Waals surface area (Å²) in [5, 5.41) is 3.01. The highest BCUT2D eigenvalue weighted by molar-refractivity contribution is 7.89. The van der Waals surface area contributed by atoms with Gasteiger partial charge in [0.25, 0.3) is 0 Å². The van der Waals surface area contributed by atoms with E-state index in [1.807, 2.05) is 7.05 Å². The lowest BCUT2D eigenvalue weighted by Gasteiger charge is -2.32. The highest BCUT2D eigenvalue weighted by Gasteiger charge is 2.28. The predicted molar refractivity (Wildman–Crippen MR) is 62.3 cm³/mol. The van der Waals surface area contributed by atoms with E-state index >= 15 is 0 Å². The molecule has 15 heavy (non-hydrogen) atoms. The van der Waals surface area contributed by atoms with Gasteiger partial charge in [0.15, 0.2) is 0 Å². The van der Waals surface area contributed by atoms with Crippen LogP contribution in [0.15, 0.2) is 0 Å². The first-order valence-corrected chi connectivity index (χ1v) is 7.33. The Labute approximate surface area is 92.9 Å². The maximum atomic E-state index is 11.6. The monoisotopic (exact) mass is 234 g/mol. The lowest BCUT2D eigenvalue weighted by atomic mass is 9.83. The van der Waals surface area contributed by atoms with E-state index in [1.54, 1.807) is 0 Å². The first-order chi connectivity index (χ1) is 7.03. The second-order valence-corrected chi connectivity index (χ2v) is 6.39. The second-order valence-electron chi connectivity index (χ2n) is 4.52. The first kappa shape index (κ1) is 12.9. The summed E-state index contributed by atoms with van der Waals surface area (Å²) < 4.78 is 25.9. The maximum Gasteiger partial charge on any atom is 0.211 e. The predicted octanol–water partition coefficient (Wildman–Crippen LogP) is 0.704. The Hall–Kier alpha value is -0.130. The quantitative estimate of drug-likeness (QED) is 0.638. The summed E-state index contributed by atoms with van der Waals surface area (Å²) in [5.41, 5.74) is 0. The Bertz CT molecular complexity index is 271. The molecule has 1 aliphatic rings. The van der Waals surface area contributed by atoms with E-state index in [1.165, 1.54) is 0 Å². The van der Waals surface area contributed by atoms with Crippen LogP contribution in [0, 0.1) is 5.92 Å². The van der Waals surface area contributed by atoms with E-state index in [0.29, 0.717) is 5.92 Å². The van der Waals surface area contributed by atoms with Gasteiger partial charge < -0.3 is 5.32 Å². The van der Waals surface area contributed by atoms with E-state index in [-0.39, 0.29) is 11.8 Å². The maximum absolute atomic E-state index is 11.6. The molecule has 0 spiro atoms. The van der Waals surface area contributed by atoms with E-state index < -0.39 is 10.0 Å². The smallest absolute Gasteiger partial charge is 0.211 e. The van der Waals surface area contributed by atoms with Gasteiger partial charge >= 0.3 is 0 Å². The molecule has 1 fully saturated rings. The average molecular weight is 234 g/mol. The molecule has 0 unspecified atom stereocenters. The zero-order valence-electron chi connectivity index (χ0n) is 9.62. The second kappa shape index (κ2) is 5.82. The van der Waals surface area contributed by atoms with Gasteiger partial charge in [-0.05, 0) is 45.2 Å². The van der Waals surface area contributed by atoms with E-state index in [9.17, 15) is 8.42 Å². The summed E-state index contributed by atoms with van der Waals surface area (Å²) in [6.45, 7) is 3.04. The molecular formula is C10H22N2O2S. The average Bonchev–Trinajstić information content (AvgIpc) is 2.10. The van der Waals surface area contributed by atoms with Crippen molar-refractivity contribution < 1.29 is 8.42 Å². The fourth-order valence-corrected chi connectivity index (χ4v) is 3.31. The highest BCUT2D eigenvalue weighted by Crippen LogP contribution is 2.26. The lowest BCUT2D eigenvalue weighted by Crippen LogP contribution is -2.44. The number of hydrogen-bond donors (Lipinski definition) is 2. The molecule has 0 aromatic rings. The molecule has 0 aliphatic heterocycles. The van der Waals surface area contributed by atoms with Crippen LogP contribution in [0.25, 0.3) is 0 Å². The van der Waals surface area contributed by atoms with Crippen LogP contribution in [0.1, 0.15) is 32.6 Å². The molecule has 5 heteroatoms. The van der Waals surface area contributed by atoms with Gasteiger partial charge in [0, 0.05) is 6.04 Å². The molecule has 0 aromatic heterocycles. The van der Waals surface area contributed by atoms with Crippen molar-refractivity contribution in [1.29, 1.82) is 0 Å². The molecule has 1 aliphatic carbocycles. The Morgan fingerprint density at radius 1 is 1.27 bits per heavy atom. The Morgan fingerprint density at radius 3 is 2.47 bits per heavy atom. The highest BCUT2D eigenvalue weighted by atomic mass is 32.2. The van der Waals surface area contributed by atoms with Gasteiger partial charge in [-0.3, -0.25) is 0 Å². The topological polar surface area (TPSA) is 58.2 Å². The van der Waals surface area contributed by atoms with Crippen LogP contribution >= 0.6 is 0 Å². The van der Waals surface area contributed by atoms with E-state index in [4.69, 9.17) is 0 Å². The van der Waals surface area contributed by atoms with Gasteiger partial charge in [-0.1, -0.05) is 6.92 Å². The van der Waals surface area contributed by atoms with Gasteiger partial charge in [-0.15, -0.1) is 0 Å². The molecule has 2 N–H and O–H groups in total. The molecule has 0 bridgehead atoms. The van der Waals surface area contributed by atoms with Crippen LogP contribution in [0.5, 0.6) is 0 Å². The van der Waals surface area contributed by atoms with Crippen LogP contribution in [-0.2, 0) is 10.0 Å². The number of sulfonamides is 1. The zero-order chi connectivity index (χ0) is 11.3. The third kappa shape index (κ3) is 4.95. The van der Waals surface area contributed by atoms with Crippen LogP contribution in [0.4, 0.5) is 0 Å². The van der Waals surface area contributed by atoms with Gasteiger partial charge in [-0.25, -0.2) is 13.1 Å². The lowest BCUT2D eigenvalue weighted by molar-refractivity contribution is 0.270. The molecule has 1 rings (SSSR count). The number of hydrogen-bond acceptors (Lipinski definition) is 3. The van der Waals surface area contributed by atoms with Crippen molar-refractivity contribution in [2.75, 3.05) is 19.3 Å². The number of unbranched alkanes of at least 4 members (excludes halogenated alkanes) is 1. The van der Waals surface area contributed by atoms with E-state index in [0.717, 1.165) is 32.2 Å². The minimum atomic E-state index is -3.02. The molecule has 0 heterocycles.